The fourth-order valence-corrected chi connectivity index (χ4v) is 2.85. The van der Waals surface area contributed by atoms with Crippen molar-refractivity contribution < 1.29 is 0 Å². The molecule has 22 heavy (non-hydrogen) atoms. The number of rotatable bonds is 9. The second-order valence-electron chi connectivity index (χ2n) is 6.66. The molecule has 122 valence electrons. The number of nitrogens with zero attached hydrogens (tertiary/aromatic N) is 3. The molecule has 0 N–H and O–H groups in total. The Labute approximate surface area is 135 Å². The molecule has 1 heterocycles. The number of fused-ring (bicyclic) bond motifs is 1. The average molecular weight is 301 g/mol. The monoisotopic (exact) mass is 301 g/mol. The predicted molar refractivity (Wildman–Crippen MR) is 96.6 cm³/mol. The van der Waals surface area contributed by atoms with Crippen molar-refractivity contribution in [3.63, 3.8) is 0 Å². The van der Waals surface area contributed by atoms with E-state index in [1.54, 1.807) is 0 Å². The Bertz CT molecular complexity index is 563. The lowest BCUT2D eigenvalue weighted by atomic mass is 10.2. The van der Waals surface area contributed by atoms with E-state index in [2.05, 4.69) is 60.3 Å². The minimum absolute atomic E-state index is 0.636. The van der Waals surface area contributed by atoms with E-state index in [0.717, 1.165) is 25.2 Å². The van der Waals surface area contributed by atoms with Gasteiger partial charge in [-0.15, -0.1) is 0 Å². The van der Waals surface area contributed by atoms with E-state index in [1.165, 1.54) is 36.9 Å². The molecule has 0 aliphatic rings. The molecule has 2 aromatic rings. The lowest BCUT2D eigenvalue weighted by Gasteiger charge is -2.25. The van der Waals surface area contributed by atoms with Gasteiger partial charge in [-0.05, 0) is 37.0 Å². The van der Waals surface area contributed by atoms with Crippen LogP contribution in [0, 0.1) is 5.92 Å². The summed E-state index contributed by atoms with van der Waals surface area (Å²) < 4.78 is 2.29. The molecule has 0 bridgehead atoms. The summed E-state index contributed by atoms with van der Waals surface area (Å²) in [5, 5.41) is 0. The fraction of sp³-hybridized carbons (Fsp3) is 0.632. The van der Waals surface area contributed by atoms with Gasteiger partial charge in [0, 0.05) is 25.3 Å². The van der Waals surface area contributed by atoms with Gasteiger partial charge in [0.25, 0.3) is 0 Å². The summed E-state index contributed by atoms with van der Waals surface area (Å²) in [6, 6.07) is 6.74. The Morgan fingerprint density at radius 2 is 1.77 bits per heavy atom. The van der Waals surface area contributed by atoms with Gasteiger partial charge in [0.05, 0.1) is 17.4 Å². The van der Waals surface area contributed by atoms with Gasteiger partial charge in [-0.3, -0.25) is 0 Å². The molecule has 0 aliphatic heterocycles. The van der Waals surface area contributed by atoms with E-state index in [4.69, 9.17) is 0 Å². The van der Waals surface area contributed by atoms with Crippen LogP contribution in [0.2, 0.25) is 0 Å². The van der Waals surface area contributed by atoms with Crippen LogP contribution in [0.3, 0.4) is 0 Å². The molecule has 0 saturated carbocycles. The van der Waals surface area contributed by atoms with Crippen LogP contribution in [-0.4, -0.2) is 22.6 Å². The topological polar surface area (TPSA) is 21.1 Å². The highest BCUT2D eigenvalue weighted by molar-refractivity contribution is 5.79. The van der Waals surface area contributed by atoms with Gasteiger partial charge in [0.15, 0.2) is 0 Å². The second-order valence-corrected chi connectivity index (χ2v) is 6.66. The lowest BCUT2D eigenvalue weighted by molar-refractivity contribution is 0.533. The molecule has 2 rings (SSSR count). The number of anilines is 1. The first-order valence-corrected chi connectivity index (χ1v) is 8.85. The molecule has 0 radical (unpaired) electrons. The number of unbranched alkanes of at least 4 members (excludes halogenated alkanes) is 2. The van der Waals surface area contributed by atoms with E-state index in [0.29, 0.717) is 5.92 Å². The van der Waals surface area contributed by atoms with Crippen LogP contribution in [0.1, 0.15) is 53.4 Å². The van der Waals surface area contributed by atoms with Gasteiger partial charge < -0.3 is 9.47 Å². The number of benzene rings is 1. The number of hydrogen-bond donors (Lipinski definition) is 0. The maximum Gasteiger partial charge on any atom is 0.0958 e. The summed E-state index contributed by atoms with van der Waals surface area (Å²) >= 11 is 0. The van der Waals surface area contributed by atoms with Crippen LogP contribution in [0.5, 0.6) is 0 Å². The van der Waals surface area contributed by atoms with Gasteiger partial charge >= 0.3 is 0 Å². The van der Waals surface area contributed by atoms with Gasteiger partial charge in [0.1, 0.15) is 0 Å². The van der Waals surface area contributed by atoms with Crippen molar-refractivity contribution in [1.29, 1.82) is 0 Å². The van der Waals surface area contributed by atoms with Crippen molar-refractivity contribution in [3.8, 4) is 0 Å². The average Bonchev–Trinajstić information content (AvgIpc) is 2.89. The number of hydrogen-bond acceptors (Lipinski definition) is 2. The third kappa shape index (κ3) is 4.25. The Morgan fingerprint density at radius 1 is 1.09 bits per heavy atom. The zero-order valence-electron chi connectivity index (χ0n) is 14.7. The molecule has 0 saturated heterocycles. The molecule has 3 heteroatoms. The molecule has 1 aromatic carbocycles. The molecular weight excluding hydrogens is 270 g/mol. The molecule has 0 spiro atoms. The highest BCUT2D eigenvalue weighted by Gasteiger charge is 2.10. The van der Waals surface area contributed by atoms with Crippen molar-refractivity contribution in [3.05, 3.63) is 24.5 Å². The summed E-state index contributed by atoms with van der Waals surface area (Å²) in [5.74, 6) is 0.636. The highest BCUT2D eigenvalue weighted by atomic mass is 15.1. The van der Waals surface area contributed by atoms with Gasteiger partial charge in [-0.25, -0.2) is 4.98 Å². The Kier molecular flexibility index (Phi) is 6.29. The van der Waals surface area contributed by atoms with Crippen molar-refractivity contribution in [2.75, 3.05) is 18.0 Å². The first kappa shape index (κ1) is 16.9. The van der Waals surface area contributed by atoms with E-state index < -0.39 is 0 Å². The van der Waals surface area contributed by atoms with Crippen LogP contribution >= 0.6 is 0 Å². The summed E-state index contributed by atoms with van der Waals surface area (Å²) in [4.78, 5) is 7.08. The third-order valence-corrected chi connectivity index (χ3v) is 4.09. The normalized spacial score (nSPS) is 11.5. The van der Waals surface area contributed by atoms with Gasteiger partial charge in [-0.2, -0.15) is 0 Å². The number of aromatic nitrogens is 2. The van der Waals surface area contributed by atoms with Crippen LogP contribution in [-0.2, 0) is 6.54 Å². The second kappa shape index (κ2) is 8.21. The summed E-state index contributed by atoms with van der Waals surface area (Å²) in [6.45, 7) is 12.4. The van der Waals surface area contributed by atoms with Gasteiger partial charge in [-0.1, -0.05) is 40.5 Å². The molecule has 0 fully saturated rings. The van der Waals surface area contributed by atoms with Crippen molar-refractivity contribution in [1.82, 2.24) is 9.55 Å². The standard InChI is InChI=1S/C19H31N3/c1-5-7-11-21(12-8-6-2)17-9-10-18-19(13-17)22(15-20-18)14-16(3)4/h9-10,13,15-16H,5-8,11-12,14H2,1-4H3. The minimum Gasteiger partial charge on any atom is -0.371 e. The lowest BCUT2D eigenvalue weighted by Crippen LogP contribution is -2.25. The van der Waals surface area contributed by atoms with Crippen molar-refractivity contribution >= 4 is 16.7 Å². The van der Waals surface area contributed by atoms with E-state index >= 15 is 0 Å². The summed E-state index contributed by atoms with van der Waals surface area (Å²) in [5.41, 5.74) is 3.72. The molecule has 0 amide bonds. The predicted octanol–water partition coefficient (Wildman–Crippen LogP) is 5.10. The van der Waals surface area contributed by atoms with E-state index in [9.17, 15) is 0 Å². The van der Waals surface area contributed by atoms with Crippen LogP contribution in [0.25, 0.3) is 11.0 Å². The maximum absolute atomic E-state index is 4.54. The smallest absolute Gasteiger partial charge is 0.0958 e. The molecule has 0 atom stereocenters. The summed E-state index contributed by atoms with van der Waals surface area (Å²) in [6.07, 6.45) is 6.99. The van der Waals surface area contributed by atoms with E-state index in [-0.39, 0.29) is 0 Å². The molecule has 0 unspecified atom stereocenters. The van der Waals surface area contributed by atoms with Gasteiger partial charge in [0.2, 0.25) is 0 Å². The van der Waals surface area contributed by atoms with Crippen LogP contribution in [0.15, 0.2) is 24.5 Å². The highest BCUT2D eigenvalue weighted by Crippen LogP contribution is 2.23. The zero-order valence-corrected chi connectivity index (χ0v) is 14.7. The minimum atomic E-state index is 0.636. The number of imidazole rings is 1. The van der Waals surface area contributed by atoms with Crippen molar-refractivity contribution in [2.45, 2.75) is 59.9 Å². The van der Waals surface area contributed by atoms with E-state index in [1.807, 2.05) is 6.33 Å². The first-order valence-electron chi connectivity index (χ1n) is 8.85. The quantitative estimate of drug-likeness (QED) is 0.642. The SMILES string of the molecule is CCCCN(CCCC)c1ccc2ncn(CC(C)C)c2c1. The summed E-state index contributed by atoms with van der Waals surface area (Å²) in [7, 11) is 0. The first-order chi connectivity index (χ1) is 10.7. The van der Waals surface area contributed by atoms with Crippen LogP contribution < -0.4 is 4.90 Å². The molecular formula is C19H31N3. The molecule has 0 aliphatic carbocycles. The zero-order chi connectivity index (χ0) is 15.9. The molecule has 1 aromatic heterocycles. The van der Waals surface area contributed by atoms with Crippen LogP contribution in [0.4, 0.5) is 5.69 Å². The molecule has 3 nitrogen and oxygen atoms in total. The maximum atomic E-state index is 4.54. The van der Waals surface area contributed by atoms with Crippen molar-refractivity contribution in [2.24, 2.45) is 5.92 Å². The Balaban J connectivity index is 2.27. The largest absolute Gasteiger partial charge is 0.371 e. The Morgan fingerprint density at radius 3 is 2.36 bits per heavy atom. The third-order valence-electron chi connectivity index (χ3n) is 4.09. The fourth-order valence-electron chi connectivity index (χ4n) is 2.85. The Hall–Kier alpha value is -1.51.